The molecule has 118 valence electrons. The lowest BCUT2D eigenvalue weighted by Crippen LogP contribution is -2.25. The minimum absolute atomic E-state index is 0.0679. The zero-order chi connectivity index (χ0) is 16.0. The van der Waals surface area contributed by atoms with Crippen LogP contribution >= 0.6 is 11.8 Å². The van der Waals surface area contributed by atoms with Crippen LogP contribution in [0.4, 0.5) is 0 Å². The van der Waals surface area contributed by atoms with E-state index in [4.69, 9.17) is 0 Å². The summed E-state index contributed by atoms with van der Waals surface area (Å²) < 4.78 is 2.43. The highest BCUT2D eigenvalue weighted by Crippen LogP contribution is 2.50. The number of aromatic nitrogens is 1. The maximum Gasteiger partial charge on any atom is 0.0892 e. The second kappa shape index (κ2) is 5.42. The molecule has 0 N–H and O–H groups in total. The normalized spacial score (nSPS) is 22.2. The van der Waals surface area contributed by atoms with E-state index in [2.05, 4.69) is 82.8 Å². The van der Waals surface area contributed by atoms with Crippen molar-refractivity contribution in [3.63, 3.8) is 0 Å². The van der Waals surface area contributed by atoms with Gasteiger partial charge in [0, 0.05) is 22.1 Å². The van der Waals surface area contributed by atoms with Gasteiger partial charge in [0.2, 0.25) is 0 Å². The molecule has 3 aromatic rings. The van der Waals surface area contributed by atoms with Crippen molar-refractivity contribution >= 4 is 22.7 Å². The number of fused-ring (bicyclic) bond motifs is 4. The average Bonchev–Trinajstić information content (AvgIpc) is 2.99. The Morgan fingerprint density at radius 3 is 2.58 bits per heavy atom. The molecule has 1 aromatic heterocycles. The molecule has 0 bridgehead atoms. The van der Waals surface area contributed by atoms with Crippen molar-refractivity contribution in [2.24, 2.45) is 0 Å². The van der Waals surface area contributed by atoms with Gasteiger partial charge in [-0.15, -0.1) is 0 Å². The summed E-state index contributed by atoms with van der Waals surface area (Å²) >= 11 is 1.85. The molecule has 1 atom stereocenters. The first-order valence-corrected chi connectivity index (χ1v) is 9.48. The molecule has 1 unspecified atom stereocenters. The molecule has 2 aliphatic rings. The molecule has 1 aliphatic heterocycles. The number of hydrogen-bond donors (Lipinski definition) is 0. The second-order valence-electron chi connectivity index (χ2n) is 6.62. The van der Waals surface area contributed by atoms with Crippen molar-refractivity contribution in [1.29, 1.82) is 0 Å². The van der Waals surface area contributed by atoms with E-state index in [0.29, 0.717) is 0 Å². The van der Waals surface area contributed by atoms with Crippen LogP contribution in [-0.4, -0.2) is 4.57 Å². The Hall–Kier alpha value is -2.19. The molecule has 24 heavy (non-hydrogen) atoms. The van der Waals surface area contributed by atoms with Gasteiger partial charge in [-0.2, -0.15) is 0 Å². The van der Waals surface area contributed by atoms with Crippen LogP contribution in [0.15, 0.2) is 83.3 Å². The molecule has 0 saturated heterocycles. The van der Waals surface area contributed by atoms with Crippen LogP contribution in [0.5, 0.6) is 0 Å². The number of para-hydroxylation sites is 2. The zero-order valence-electron chi connectivity index (χ0n) is 13.5. The van der Waals surface area contributed by atoms with Crippen molar-refractivity contribution < 1.29 is 0 Å². The van der Waals surface area contributed by atoms with E-state index in [1.54, 1.807) is 0 Å². The molecule has 2 heterocycles. The van der Waals surface area contributed by atoms with Crippen LogP contribution in [0, 0.1) is 0 Å². The minimum atomic E-state index is 0.0679. The molecule has 0 fully saturated rings. The van der Waals surface area contributed by atoms with Crippen molar-refractivity contribution in [3.8, 4) is 5.69 Å². The Morgan fingerprint density at radius 2 is 1.75 bits per heavy atom. The zero-order valence-corrected chi connectivity index (χ0v) is 14.3. The fraction of sp³-hybridized carbons (Fsp3) is 0.182. The largest absolute Gasteiger partial charge is 0.304 e. The summed E-state index contributed by atoms with van der Waals surface area (Å²) in [6, 6.07) is 19.6. The van der Waals surface area contributed by atoms with Gasteiger partial charge in [-0.05, 0) is 42.9 Å². The number of thioether (sulfide) groups is 1. The molecule has 2 heteroatoms. The maximum absolute atomic E-state index is 2.44. The van der Waals surface area contributed by atoms with Gasteiger partial charge in [0.1, 0.15) is 0 Å². The number of hydrogen-bond acceptors (Lipinski definition) is 1. The second-order valence-corrected chi connectivity index (χ2v) is 7.52. The van der Waals surface area contributed by atoms with Crippen molar-refractivity contribution in [2.75, 3.05) is 0 Å². The maximum atomic E-state index is 2.44. The van der Waals surface area contributed by atoms with Gasteiger partial charge in [-0.25, -0.2) is 0 Å². The van der Waals surface area contributed by atoms with Crippen LogP contribution in [0.3, 0.4) is 0 Å². The number of rotatable bonds is 1. The van der Waals surface area contributed by atoms with Crippen molar-refractivity contribution in [1.82, 2.24) is 4.57 Å². The van der Waals surface area contributed by atoms with E-state index < -0.39 is 0 Å². The lowest BCUT2D eigenvalue weighted by atomic mass is 9.73. The van der Waals surface area contributed by atoms with Crippen LogP contribution < -0.4 is 0 Å². The molecule has 0 amide bonds. The SMILES string of the molecule is C1=CC2(C=CSc3c2c2ccccc2n3-c2ccccc2)CCC1. The molecule has 0 saturated carbocycles. The summed E-state index contributed by atoms with van der Waals surface area (Å²) in [5, 5.41) is 5.05. The van der Waals surface area contributed by atoms with E-state index in [1.165, 1.54) is 46.4 Å². The molecular weight excluding hydrogens is 310 g/mol. The third-order valence-corrected chi connectivity index (χ3v) is 6.11. The molecule has 5 rings (SSSR count). The summed E-state index contributed by atoms with van der Waals surface area (Å²) in [5.74, 6) is 0. The lowest BCUT2D eigenvalue weighted by molar-refractivity contribution is 0.538. The Kier molecular flexibility index (Phi) is 3.20. The van der Waals surface area contributed by atoms with E-state index >= 15 is 0 Å². The van der Waals surface area contributed by atoms with Gasteiger partial charge in [-0.3, -0.25) is 0 Å². The number of nitrogens with zero attached hydrogens (tertiary/aromatic N) is 1. The Morgan fingerprint density at radius 1 is 0.917 bits per heavy atom. The topological polar surface area (TPSA) is 4.93 Å². The third kappa shape index (κ3) is 1.96. The molecule has 2 aromatic carbocycles. The summed E-state index contributed by atoms with van der Waals surface area (Å²) in [5.41, 5.74) is 4.11. The lowest BCUT2D eigenvalue weighted by Gasteiger charge is -2.33. The third-order valence-electron chi connectivity index (χ3n) is 5.23. The minimum Gasteiger partial charge on any atom is -0.304 e. The molecule has 1 spiro atoms. The molecule has 1 aliphatic carbocycles. The molecule has 0 radical (unpaired) electrons. The monoisotopic (exact) mass is 329 g/mol. The van der Waals surface area contributed by atoms with E-state index in [1.807, 2.05) is 11.8 Å². The predicted octanol–water partition coefficient (Wildman–Crippen LogP) is 6.23. The van der Waals surface area contributed by atoms with Gasteiger partial charge in [-0.1, -0.05) is 66.4 Å². The first-order chi connectivity index (χ1) is 11.9. The number of allylic oxidation sites excluding steroid dienone is 3. The first kappa shape index (κ1) is 14.2. The first-order valence-electron chi connectivity index (χ1n) is 8.60. The Bertz CT molecular complexity index is 964. The Labute approximate surface area is 146 Å². The van der Waals surface area contributed by atoms with Gasteiger partial charge in [0.15, 0.2) is 0 Å². The van der Waals surface area contributed by atoms with E-state index in [0.717, 1.165) is 0 Å². The fourth-order valence-electron chi connectivity index (χ4n) is 4.15. The summed E-state index contributed by atoms with van der Waals surface area (Å²) in [7, 11) is 0. The quantitative estimate of drug-likeness (QED) is 0.479. The van der Waals surface area contributed by atoms with Gasteiger partial charge < -0.3 is 4.57 Å². The highest BCUT2D eigenvalue weighted by molar-refractivity contribution is 8.02. The van der Waals surface area contributed by atoms with Crippen LogP contribution in [-0.2, 0) is 5.41 Å². The summed E-state index contributed by atoms with van der Waals surface area (Å²) in [6.45, 7) is 0. The smallest absolute Gasteiger partial charge is 0.0892 e. The highest BCUT2D eigenvalue weighted by atomic mass is 32.2. The van der Waals surface area contributed by atoms with E-state index in [9.17, 15) is 0 Å². The molecular formula is C22H19NS. The summed E-state index contributed by atoms with van der Waals surface area (Å²) in [4.78, 5) is 0. The van der Waals surface area contributed by atoms with Gasteiger partial charge >= 0.3 is 0 Å². The highest BCUT2D eigenvalue weighted by Gasteiger charge is 2.37. The Balaban J connectivity index is 1.88. The van der Waals surface area contributed by atoms with Crippen LogP contribution in [0.25, 0.3) is 16.6 Å². The fourth-order valence-corrected chi connectivity index (χ4v) is 5.32. The van der Waals surface area contributed by atoms with E-state index in [-0.39, 0.29) is 5.41 Å². The van der Waals surface area contributed by atoms with Gasteiger partial charge in [0.25, 0.3) is 0 Å². The van der Waals surface area contributed by atoms with Crippen molar-refractivity contribution in [3.05, 3.63) is 83.8 Å². The van der Waals surface area contributed by atoms with Crippen LogP contribution in [0.2, 0.25) is 0 Å². The average molecular weight is 329 g/mol. The van der Waals surface area contributed by atoms with Crippen LogP contribution in [0.1, 0.15) is 24.8 Å². The molecule has 1 nitrogen and oxygen atoms in total. The standard InChI is InChI=1S/C22H19NS/c1-3-9-17(10-4-1)23-19-12-6-5-11-18(19)20-21(23)24-16-15-22(20)13-7-2-8-14-22/h1,3-7,9-13,15-16H,2,8,14H2. The summed E-state index contributed by atoms with van der Waals surface area (Å²) in [6.07, 6.45) is 10.9. The van der Waals surface area contributed by atoms with Crippen molar-refractivity contribution in [2.45, 2.75) is 29.7 Å². The number of benzene rings is 2. The van der Waals surface area contributed by atoms with Gasteiger partial charge in [0.05, 0.1) is 10.5 Å². The predicted molar refractivity (Wildman–Crippen MR) is 103 cm³/mol.